The van der Waals surface area contributed by atoms with Gasteiger partial charge in [0.05, 0.1) is 6.16 Å². The first-order chi connectivity index (χ1) is 6.53. The third-order valence-corrected chi connectivity index (χ3v) is 2.24. The monoisotopic (exact) mass is 220 g/mol. The molecule has 0 radical (unpaired) electrons. The molecule has 0 fully saturated rings. The molecule has 0 aliphatic carbocycles. The van der Waals surface area contributed by atoms with E-state index in [0.29, 0.717) is 0 Å². The van der Waals surface area contributed by atoms with Gasteiger partial charge in [0.15, 0.2) is 5.82 Å². The Labute approximate surface area is 78.8 Å². The van der Waals surface area contributed by atoms with Gasteiger partial charge < -0.3 is 15.0 Å². The van der Waals surface area contributed by atoms with Gasteiger partial charge in [0, 0.05) is 6.42 Å². The number of aromatic amines is 1. The largest absolute Gasteiger partial charge is 0.411 e. The van der Waals surface area contributed by atoms with Crippen molar-refractivity contribution in [2.45, 2.75) is 6.42 Å². The first-order valence-corrected chi connectivity index (χ1v) is 5.44. The Morgan fingerprint density at radius 2 is 2.36 bits per heavy atom. The molecule has 4 N–H and O–H groups in total. The lowest BCUT2D eigenvalue weighted by atomic mass is 10.3. The summed E-state index contributed by atoms with van der Waals surface area (Å²) >= 11 is 0. The van der Waals surface area contributed by atoms with Crippen LogP contribution in [0.5, 0.6) is 0 Å². The molecule has 0 bridgehead atoms. The topological polar surface area (TPSA) is 132 Å². The first kappa shape index (κ1) is 10.8. The molecule has 78 valence electrons. The third kappa shape index (κ3) is 3.25. The molecule has 0 unspecified atom stereocenters. The van der Waals surface area contributed by atoms with Gasteiger partial charge in [-0.3, -0.25) is 9.66 Å². The summed E-state index contributed by atoms with van der Waals surface area (Å²) < 4.78 is 10.5. The zero-order valence-electron chi connectivity index (χ0n) is 7.03. The summed E-state index contributed by atoms with van der Waals surface area (Å²) in [5, 5.41) is 17.4. The molecule has 1 aromatic rings. The lowest BCUT2D eigenvalue weighted by Gasteiger charge is -2.02. The van der Waals surface area contributed by atoms with Gasteiger partial charge in [-0.2, -0.15) is 5.10 Å². The van der Waals surface area contributed by atoms with Crippen molar-refractivity contribution in [3.8, 4) is 0 Å². The van der Waals surface area contributed by atoms with E-state index in [-0.39, 0.29) is 18.0 Å². The van der Waals surface area contributed by atoms with Gasteiger partial charge in [-0.05, 0) is 0 Å². The fourth-order valence-corrected chi connectivity index (χ4v) is 1.31. The number of H-pyrrole nitrogens is 1. The standard InChI is InChI=1S/C5H9N4O4P/c10-9-4(1-2-14(11,12)13)5-6-3-7-8-5/h3,10H,1-2H2,(H,6,7,8)(H2,11,12,13). The molecule has 0 spiro atoms. The SMILES string of the molecule is O=P(O)(O)CCC(=NO)c1nc[nH]n1. The molecule has 1 rings (SSSR count). The van der Waals surface area contributed by atoms with Crippen LogP contribution in [0, 0.1) is 0 Å². The normalized spacial score (nSPS) is 13.1. The van der Waals surface area contributed by atoms with Gasteiger partial charge in [0.1, 0.15) is 12.0 Å². The highest BCUT2D eigenvalue weighted by Crippen LogP contribution is 2.35. The maximum absolute atomic E-state index is 10.5. The highest BCUT2D eigenvalue weighted by atomic mass is 31.2. The van der Waals surface area contributed by atoms with E-state index in [0.717, 1.165) is 0 Å². The van der Waals surface area contributed by atoms with Crippen LogP contribution in [0.1, 0.15) is 12.2 Å². The molecular weight excluding hydrogens is 211 g/mol. The minimum absolute atomic E-state index is 0.0366. The van der Waals surface area contributed by atoms with Crippen molar-refractivity contribution in [3.05, 3.63) is 12.2 Å². The van der Waals surface area contributed by atoms with Gasteiger partial charge >= 0.3 is 7.60 Å². The van der Waals surface area contributed by atoms with Crippen LogP contribution < -0.4 is 0 Å². The number of rotatable bonds is 4. The van der Waals surface area contributed by atoms with E-state index >= 15 is 0 Å². The van der Waals surface area contributed by atoms with E-state index in [1.807, 2.05) is 0 Å². The number of nitrogens with zero attached hydrogens (tertiary/aromatic N) is 3. The lowest BCUT2D eigenvalue weighted by Crippen LogP contribution is -2.06. The Morgan fingerprint density at radius 1 is 1.64 bits per heavy atom. The van der Waals surface area contributed by atoms with Gasteiger partial charge in [-0.15, -0.1) is 0 Å². The minimum atomic E-state index is -4.09. The van der Waals surface area contributed by atoms with Crippen molar-refractivity contribution in [2.75, 3.05) is 6.16 Å². The summed E-state index contributed by atoms with van der Waals surface area (Å²) in [5.74, 6) is 0.126. The van der Waals surface area contributed by atoms with Gasteiger partial charge in [-0.25, -0.2) is 4.98 Å². The predicted octanol–water partition coefficient (Wildman–Crippen LogP) is -0.449. The Hall–Kier alpha value is -1.24. The molecule has 1 aromatic heterocycles. The second kappa shape index (κ2) is 4.32. The van der Waals surface area contributed by atoms with Crippen LogP contribution in [-0.2, 0) is 4.57 Å². The maximum atomic E-state index is 10.5. The van der Waals surface area contributed by atoms with Crippen molar-refractivity contribution in [3.63, 3.8) is 0 Å². The minimum Gasteiger partial charge on any atom is -0.411 e. The number of hydrogen-bond acceptors (Lipinski definition) is 5. The fraction of sp³-hybridized carbons (Fsp3) is 0.400. The van der Waals surface area contributed by atoms with Crippen LogP contribution in [0.15, 0.2) is 11.5 Å². The molecule has 0 saturated carbocycles. The van der Waals surface area contributed by atoms with Crippen molar-refractivity contribution in [2.24, 2.45) is 5.16 Å². The van der Waals surface area contributed by atoms with Crippen molar-refractivity contribution < 1.29 is 19.6 Å². The van der Waals surface area contributed by atoms with Crippen molar-refractivity contribution in [1.82, 2.24) is 15.2 Å². The summed E-state index contributed by atoms with van der Waals surface area (Å²) in [5.41, 5.74) is 0.0366. The second-order valence-corrected chi connectivity index (χ2v) is 4.28. The average molecular weight is 220 g/mol. The van der Waals surface area contributed by atoms with E-state index in [2.05, 4.69) is 20.3 Å². The molecule has 9 heteroatoms. The van der Waals surface area contributed by atoms with Crippen LogP contribution in [-0.4, -0.2) is 42.0 Å². The van der Waals surface area contributed by atoms with Gasteiger partial charge in [-0.1, -0.05) is 5.16 Å². The Morgan fingerprint density at radius 3 is 2.79 bits per heavy atom. The molecule has 8 nitrogen and oxygen atoms in total. The highest BCUT2D eigenvalue weighted by molar-refractivity contribution is 7.51. The van der Waals surface area contributed by atoms with Crippen LogP contribution in [0.3, 0.4) is 0 Å². The van der Waals surface area contributed by atoms with Crippen LogP contribution in [0.4, 0.5) is 0 Å². The number of aromatic nitrogens is 3. The summed E-state index contributed by atoms with van der Waals surface area (Å²) in [4.78, 5) is 20.8. The van der Waals surface area contributed by atoms with Crippen LogP contribution >= 0.6 is 7.60 Å². The van der Waals surface area contributed by atoms with E-state index in [9.17, 15) is 4.57 Å². The highest BCUT2D eigenvalue weighted by Gasteiger charge is 2.17. The first-order valence-electron chi connectivity index (χ1n) is 3.64. The van der Waals surface area contributed by atoms with Crippen molar-refractivity contribution >= 4 is 13.3 Å². The Balaban J connectivity index is 2.63. The summed E-state index contributed by atoms with van der Waals surface area (Å²) in [6, 6.07) is 0. The smallest absolute Gasteiger partial charge is 0.325 e. The zero-order valence-corrected chi connectivity index (χ0v) is 7.92. The Kier molecular flexibility index (Phi) is 3.34. The number of hydrogen-bond donors (Lipinski definition) is 4. The molecule has 0 atom stereocenters. The molecule has 0 aliphatic heterocycles. The van der Waals surface area contributed by atoms with E-state index in [4.69, 9.17) is 15.0 Å². The molecule has 14 heavy (non-hydrogen) atoms. The number of oxime groups is 1. The lowest BCUT2D eigenvalue weighted by molar-refractivity contribution is 0.317. The Bertz CT molecular complexity index is 356. The molecule has 1 heterocycles. The fourth-order valence-electron chi connectivity index (χ4n) is 0.806. The second-order valence-electron chi connectivity index (χ2n) is 2.51. The number of nitrogens with one attached hydrogen (secondary N) is 1. The molecule has 0 saturated heterocycles. The molecule has 0 amide bonds. The summed E-state index contributed by atoms with van der Waals surface area (Å²) in [6.07, 6.45) is 0.789. The van der Waals surface area contributed by atoms with Gasteiger partial charge in [0.25, 0.3) is 0 Å². The van der Waals surface area contributed by atoms with Crippen LogP contribution in [0.2, 0.25) is 0 Å². The third-order valence-electron chi connectivity index (χ3n) is 1.43. The summed E-state index contributed by atoms with van der Waals surface area (Å²) in [7, 11) is -4.09. The molecule has 0 aromatic carbocycles. The van der Waals surface area contributed by atoms with Crippen LogP contribution in [0.25, 0.3) is 0 Å². The quantitative estimate of drug-likeness (QED) is 0.235. The maximum Gasteiger partial charge on any atom is 0.325 e. The predicted molar refractivity (Wildman–Crippen MR) is 46.2 cm³/mol. The van der Waals surface area contributed by atoms with E-state index < -0.39 is 13.8 Å². The van der Waals surface area contributed by atoms with E-state index in [1.54, 1.807) is 0 Å². The van der Waals surface area contributed by atoms with Crippen molar-refractivity contribution in [1.29, 1.82) is 0 Å². The van der Waals surface area contributed by atoms with E-state index in [1.165, 1.54) is 6.33 Å². The average Bonchev–Trinajstić information content (AvgIpc) is 2.56. The molecular formula is C5H9N4O4P. The molecule has 0 aliphatic rings. The zero-order chi connectivity index (χ0) is 10.6. The summed E-state index contributed by atoms with van der Waals surface area (Å²) in [6.45, 7) is 0. The van der Waals surface area contributed by atoms with Gasteiger partial charge in [0.2, 0.25) is 0 Å².